The highest BCUT2D eigenvalue weighted by Crippen LogP contribution is 2.61. The number of nitrogen functional groups attached to an aromatic ring is 1. The lowest BCUT2D eigenvalue weighted by Crippen LogP contribution is -2.46. The molecule has 15 nitrogen and oxygen atoms in total. The molecule has 17 heteroatoms. The van der Waals surface area contributed by atoms with E-state index >= 15 is 0 Å². The van der Waals surface area contributed by atoms with Gasteiger partial charge in [0.2, 0.25) is 5.34 Å². The normalized spacial score (nSPS) is 29.5. The zero-order valence-electron chi connectivity index (χ0n) is 13.2. The number of hydrogen-bond donors (Lipinski definition) is 7. The van der Waals surface area contributed by atoms with Crippen molar-refractivity contribution < 1.29 is 48.2 Å². The molecular formula is C10H15N5O10P2. The van der Waals surface area contributed by atoms with Crippen LogP contribution in [0.3, 0.4) is 0 Å². The minimum atomic E-state index is -5.46. The third-order valence-corrected chi connectivity index (χ3v) is 5.87. The summed E-state index contributed by atoms with van der Waals surface area (Å²) in [4.78, 5) is 48.2. The Hall–Kier alpha value is -1.51. The van der Waals surface area contributed by atoms with Crippen LogP contribution in [0.1, 0.15) is 6.23 Å². The molecule has 0 unspecified atom stereocenters. The van der Waals surface area contributed by atoms with Crippen LogP contribution < -0.4 is 5.73 Å². The topological polar surface area (TPSA) is 244 Å². The van der Waals surface area contributed by atoms with Gasteiger partial charge in [-0.1, -0.05) is 0 Å². The van der Waals surface area contributed by atoms with E-state index in [9.17, 15) is 29.1 Å². The molecule has 4 atom stereocenters. The third-order valence-electron chi connectivity index (χ3n) is 3.97. The Kier molecular flexibility index (Phi) is 4.89. The number of nitrogens with two attached hydrogens (primary N) is 1. The van der Waals surface area contributed by atoms with Crippen LogP contribution in [0.25, 0.3) is 11.2 Å². The minimum Gasteiger partial charge on any atom is -0.386 e. The molecule has 0 aliphatic carbocycles. The molecule has 0 saturated carbocycles. The molecule has 0 aromatic carbocycles. The molecule has 1 aliphatic heterocycles. The van der Waals surface area contributed by atoms with Crippen molar-refractivity contribution in [2.45, 2.75) is 23.8 Å². The summed E-state index contributed by atoms with van der Waals surface area (Å²) in [6.45, 7) is -0.964. The Bertz CT molecular complexity index is 957. The van der Waals surface area contributed by atoms with Gasteiger partial charge in [-0.05, 0) is 0 Å². The summed E-state index contributed by atoms with van der Waals surface area (Å²) in [5.74, 6) is -0.0570. The van der Waals surface area contributed by atoms with Gasteiger partial charge in [-0.3, -0.25) is 13.7 Å². The second-order valence-corrected chi connectivity index (χ2v) is 8.71. The van der Waals surface area contributed by atoms with Crippen molar-refractivity contribution in [1.82, 2.24) is 19.5 Å². The summed E-state index contributed by atoms with van der Waals surface area (Å²) >= 11 is 0. The molecule has 8 N–H and O–H groups in total. The summed E-state index contributed by atoms with van der Waals surface area (Å²) in [5.41, 5.74) is 5.61. The summed E-state index contributed by atoms with van der Waals surface area (Å²) in [6.07, 6.45) is -3.87. The van der Waals surface area contributed by atoms with Crippen molar-refractivity contribution in [1.29, 1.82) is 0 Å². The van der Waals surface area contributed by atoms with Gasteiger partial charge in [0.25, 0.3) is 0 Å². The molecule has 27 heavy (non-hydrogen) atoms. The predicted octanol–water partition coefficient (Wildman–Crippen LogP) is -2.36. The number of phosphoric ester groups is 1. The van der Waals surface area contributed by atoms with Crippen molar-refractivity contribution in [3.05, 3.63) is 12.7 Å². The fourth-order valence-corrected chi connectivity index (χ4v) is 4.01. The number of anilines is 1. The van der Waals surface area contributed by atoms with Gasteiger partial charge in [0.15, 0.2) is 17.7 Å². The Morgan fingerprint density at radius 2 is 1.93 bits per heavy atom. The molecule has 3 rings (SSSR count). The van der Waals surface area contributed by atoms with E-state index in [0.717, 1.165) is 17.2 Å². The number of aliphatic hydroxyl groups excluding tert-OH is 1. The largest absolute Gasteiger partial charge is 0.469 e. The first-order chi connectivity index (χ1) is 12.4. The van der Waals surface area contributed by atoms with Crippen LogP contribution in [-0.2, 0) is 18.4 Å². The van der Waals surface area contributed by atoms with Gasteiger partial charge in [0, 0.05) is 0 Å². The van der Waals surface area contributed by atoms with Crippen molar-refractivity contribution in [3.8, 4) is 0 Å². The van der Waals surface area contributed by atoms with E-state index in [1.165, 1.54) is 0 Å². The summed E-state index contributed by atoms with van der Waals surface area (Å²) in [6, 6.07) is 0. The van der Waals surface area contributed by atoms with Crippen LogP contribution in [0.15, 0.2) is 12.7 Å². The van der Waals surface area contributed by atoms with E-state index in [4.69, 9.17) is 20.3 Å². The van der Waals surface area contributed by atoms with Gasteiger partial charge in [-0.15, -0.1) is 0 Å². The van der Waals surface area contributed by atoms with Crippen molar-refractivity contribution in [3.63, 3.8) is 0 Å². The van der Waals surface area contributed by atoms with Gasteiger partial charge >= 0.3 is 15.4 Å². The number of fused-ring (bicyclic) bond motifs is 1. The minimum absolute atomic E-state index is 0.0403. The van der Waals surface area contributed by atoms with E-state index in [2.05, 4.69) is 19.5 Å². The first-order valence-electron chi connectivity index (χ1n) is 7.11. The van der Waals surface area contributed by atoms with Crippen LogP contribution in [-0.4, -0.2) is 73.5 Å². The Balaban J connectivity index is 2.07. The molecule has 0 spiro atoms. The van der Waals surface area contributed by atoms with Crippen LogP contribution in [0.4, 0.5) is 5.82 Å². The highest BCUT2D eigenvalue weighted by atomic mass is 31.2. The average Bonchev–Trinajstić information content (AvgIpc) is 3.07. The van der Waals surface area contributed by atoms with E-state index in [1.807, 2.05) is 0 Å². The van der Waals surface area contributed by atoms with Gasteiger partial charge in [-0.25, -0.2) is 19.5 Å². The molecule has 0 radical (unpaired) electrons. The lowest BCUT2D eigenvalue weighted by molar-refractivity contribution is -0.0697. The molecule has 2 aromatic heterocycles. The first kappa shape index (κ1) is 20.2. The standard InChI is InChI=1S/C10H15N5O10P2/c11-7-5-8(13-2-12-7)15(3-14-5)9-10(17,26(18,19)20)6(16)4(25-9)1-24-27(21,22)23/h2-4,6,9,16-17H,1H2,(H2,11,12,13)(H2,18,19,20)(H2,21,22,23)/t4-,6-,9-,10+/m1/s1. The number of aromatic nitrogens is 4. The van der Waals surface area contributed by atoms with E-state index in [1.54, 1.807) is 0 Å². The monoisotopic (exact) mass is 427 g/mol. The lowest BCUT2D eigenvalue weighted by Gasteiger charge is -2.31. The maximum atomic E-state index is 11.9. The second-order valence-electron chi connectivity index (χ2n) is 5.67. The van der Waals surface area contributed by atoms with Crippen LogP contribution in [0.2, 0.25) is 0 Å². The predicted molar refractivity (Wildman–Crippen MR) is 84.6 cm³/mol. The first-order valence-corrected chi connectivity index (χ1v) is 10.2. The number of ether oxygens (including phenoxy) is 1. The third kappa shape index (κ3) is 3.39. The van der Waals surface area contributed by atoms with Crippen molar-refractivity contribution in [2.24, 2.45) is 0 Å². The molecule has 150 valence electrons. The number of nitrogens with zero attached hydrogens (tertiary/aromatic N) is 4. The number of hydrogen-bond acceptors (Lipinski definition) is 10. The Morgan fingerprint density at radius 1 is 1.26 bits per heavy atom. The van der Waals surface area contributed by atoms with Crippen LogP contribution in [0, 0.1) is 0 Å². The zero-order chi connectivity index (χ0) is 20.2. The zero-order valence-corrected chi connectivity index (χ0v) is 15.0. The smallest absolute Gasteiger partial charge is 0.386 e. The molecule has 1 aliphatic rings. The maximum Gasteiger partial charge on any atom is 0.469 e. The quantitative estimate of drug-likeness (QED) is 0.247. The van der Waals surface area contributed by atoms with E-state index in [0.29, 0.717) is 0 Å². The molecule has 3 heterocycles. The highest BCUT2D eigenvalue weighted by Gasteiger charge is 2.66. The number of aliphatic hydroxyl groups is 2. The summed E-state index contributed by atoms with van der Waals surface area (Å²) in [7, 11) is -10.4. The van der Waals surface area contributed by atoms with E-state index < -0.39 is 45.8 Å². The van der Waals surface area contributed by atoms with Crippen LogP contribution in [0.5, 0.6) is 0 Å². The average molecular weight is 427 g/mol. The molecule has 2 aromatic rings. The fraction of sp³-hybridized carbons (Fsp3) is 0.500. The highest BCUT2D eigenvalue weighted by molar-refractivity contribution is 7.53. The Morgan fingerprint density at radius 3 is 2.52 bits per heavy atom. The van der Waals surface area contributed by atoms with Gasteiger partial charge in [0.05, 0.1) is 12.9 Å². The molecule has 1 saturated heterocycles. The van der Waals surface area contributed by atoms with Crippen molar-refractivity contribution >= 4 is 32.4 Å². The number of rotatable bonds is 5. The van der Waals surface area contributed by atoms with Crippen LogP contribution >= 0.6 is 15.4 Å². The summed E-state index contributed by atoms with van der Waals surface area (Å²) < 4.78 is 33.2. The summed E-state index contributed by atoms with van der Waals surface area (Å²) in [5, 5.41) is 17.7. The van der Waals surface area contributed by atoms with Gasteiger partial charge in [-0.2, -0.15) is 0 Å². The maximum absolute atomic E-state index is 11.9. The second kappa shape index (κ2) is 6.53. The molecule has 0 bridgehead atoms. The number of phosphoric acid groups is 1. The fourth-order valence-electron chi connectivity index (χ4n) is 2.69. The lowest BCUT2D eigenvalue weighted by atomic mass is 10.1. The SMILES string of the molecule is Nc1ncnc2c1ncn2[C@@H]1O[C@H](COP(=O)(O)O)[C@@H](O)[C@]1(O)P(=O)(O)O. The van der Waals surface area contributed by atoms with Crippen molar-refractivity contribution in [2.75, 3.05) is 12.3 Å². The van der Waals surface area contributed by atoms with Gasteiger partial charge < -0.3 is 40.3 Å². The molecule has 1 fully saturated rings. The van der Waals surface area contributed by atoms with Gasteiger partial charge in [0.1, 0.15) is 24.1 Å². The van der Waals surface area contributed by atoms with E-state index in [-0.39, 0.29) is 17.0 Å². The Labute approximate surface area is 149 Å². The molecular weight excluding hydrogens is 412 g/mol. The number of imidazole rings is 1. The molecule has 0 amide bonds.